The predicted octanol–water partition coefficient (Wildman–Crippen LogP) is 0.880. The number of aromatic hydroxyl groups is 1. The average molecular weight is 437 g/mol. The van der Waals surface area contributed by atoms with E-state index in [0.717, 1.165) is 22.4 Å². The van der Waals surface area contributed by atoms with Gasteiger partial charge in [-0.05, 0) is 31.5 Å². The molecule has 166 valence electrons. The van der Waals surface area contributed by atoms with Crippen molar-refractivity contribution in [2.45, 2.75) is 39.2 Å². The molecule has 1 fully saturated rings. The van der Waals surface area contributed by atoms with Gasteiger partial charge in [-0.2, -0.15) is 0 Å². The number of carbonyl (C=O) groups excluding carboxylic acids is 2. The topological polar surface area (TPSA) is 119 Å². The van der Waals surface area contributed by atoms with Crippen molar-refractivity contribution in [1.29, 1.82) is 0 Å². The summed E-state index contributed by atoms with van der Waals surface area (Å²) >= 11 is 0. The fourth-order valence-electron chi connectivity index (χ4n) is 4.39. The molecule has 4 heterocycles. The second-order valence-corrected chi connectivity index (χ2v) is 8.29. The van der Waals surface area contributed by atoms with E-state index >= 15 is 0 Å². The lowest BCUT2D eigenvalue weighted by Gasteiger charge is -2.33. The summed E-state index contributed by atoms with van der Waals surface area (Å²) < 4.78 is 9.04. The Balaban J connectivity index is 1.41. The van der Waals surface area contributed by atoms with Crippen LogP contribution in [0.15, 0.2) is 29.2 Å². The lowest BCUT2D eigenvalue weighted by molar-refractivity contribution is 0.00624. The van der Waals surface area contributed by atoms with Crippen molar-refractivity contribution in [3.63, 3.8) is 0 Å². The first-order chi connectivity index (χ1) is 15.3. The van der Waals surface area contributed by atoms with E-state index < -0.39 is 29.2 Å². The molecule has 0 bridgehead atoms. The minimum absolute atomic E-state index is 0.115. The van der Waals surface area contributed by atoms with Crippen LogP contribution in [0.25, 0.3) is 11.0 Å². The number of pyridine rings is 1. The van der Waals surface area contributed by atoms with E-state index in [0.29, 0.717) is 6.61 Å². The molecule has 1 aromatic carbocycles. The van der Waals surface area contributed by atoms with Gasteiger partial charge in [-0.25, -0.2) is 4.98 Å². The Bertz CT molecular complexity index is 1340. The Morgan fingerprint density at radius 2 is 2.12 bits per heavy atom. The highest BCUT2D eigenvalue weighted by Gasteiger charge is 2.42. The molecule has 3 aromatic rings. The van der Waals surface area contributed by atoms with Gasteiger partial charge in [0.2, 0.25) is 5.43 Å². The normalized spacial score (nSPS) is 19.8. The first-order valence-electron chi connectivity index (χ1n) is 10.4. The molecule has 2 N–H and O–H groups in total. The van der Waals surface area contributed by atoms with Crippen molar-refractivity contribution in [3.05, 3.63) is 57.3 Å². The number of imidazole rings is 1. The van der Waals surface area contributed by atoms with Crippen LogP contribution in [-0.4, -0.2) is 54.8 Å². The third kappa shape index (κ3) is 2.98. The van der Waals surface area contributed by atoms with E-state index in [9.17, 15) is 19.5 Å². The minimum Gasteiger partial charge on any atom is -0.503 e. The molecule has 0 unspecified atom stereocenters. The van der Waals surface area contributed by atoms with Crippen LogP contribution in [0, 0.1) is 6.92 Å². The quantitative estimate of drug-likeness (QED) is 0.628. The minimum atomic E-state index is -0.871. The van der Waals surface area contributed by atoms with Crippen molar-refractivity contribution < 1.29 is 19.4 Å². The van der Waals surface area contributed by atoms with Gasteiger partial charge in [0.15, 0.2) is 17.7 Å². The summed E-state index contributed by atoms with van der Waals surface area (Å²) in [4.78, 5) is 44.3. The first kappa shape index (κ1) is 20.3. The number of hydrogen-bond acceptors (Lipinski definition) is 6. The molecule has 2 amide bonds. The molecule has 2 aromatic heterocycles. The Morgan fingerprint density at radius 3 is 2.91 bits per heavy atom. The Hall–Kier alpha value is -3.66. The van der Waals surface area contributed by atoms with Gasteiger partial charge in [-0.1, -0.05) is 6.07 Å². The monoisotopic (exact) mass is 437 g/mol. The van der Waals surface area contributed by atoms with Crippen molar-refractivity contribution in [2.75, 3.05) is 6.61 Å². The number of ether oxygens (including phenoxy) is 1. The molecule has 32 heavy (non-hydrogen) atoms. The number of aromatic nitrogens is 3. The van der Waals surface area contributed by atoms with Gasteiger partial charge in [0.1, 0.15) is 11.4 Å². The lowest BCUT2D eigenvalue weighted by Crippen LogP contribution is -2.49. The molecule has 5 rings (SSSR count). The molecule has 10 heteroatoms. The van der Waals surface area contributed by atoms with Crippen LogP contribution in [0.1, 0.15) is 39.2 Å². The number of nitrogens with one attached hydrogen (secondary N) is 1. The molecule has 0 aliphatic carbocycles. The summed E-state index contributed by atoms with van der Waals surface area (Å²) in [6.07, 6.45) is 0.830. The molecule has 1 saturated heterocycles. The number of amides is 2. The van der Waals surface area contributed by atoms with Gasteiger partial charge >= 0.3 is 0 Å². The van der Waals surface area contributed by atoms with Crippen LogP contribution in [0.5, 0.6) is 5.75 Å². The maximum Gasteiger partial charge on any atom is 0.276 e. The van der Waals surface area contributed by atoms with Crippen LogP contribution in [0.4, 0.5) is 0 Å². The molecule has 0 spiro atoms. The SMILES string of the molecule is Cc1nc2cc(CNC(=O)c3cn4c(c(O)c3=O)C(=O)N3[C@@H](C)CO[C@@H]3C4)ccc2n1C. The van der Waals surface area contributed by atoms with E-state index in [2.05, 4.69) is 10.3 Å². The highest BCUT2D eigenvalue weighted by molar-refractivity contribution is 5.99. The molecular weight excluding hydrogens is 414 g/mol. The zero-order chi connectivity index (χ0) is 22.7. The second-order valence-electron chi connectivity index (χ2n) is 8.29. The van der Waals surface area contributed by atoms with Crippen molar-refractivity contribution in [3.8, 4) is 5.75 Å². The number of nitrogens with zero attached hydrogens (tertiary/aromatic N) is 4. The molecule has 0 radical (unpaired) electrons. The largest absolute Gasteiger partial charge is 0.503 e. The fourth-order valence-corrected chi connectivity index (χ4v) is 4.39. The molecule has 2 atom stereocenters. The van der Waals surface area contributed by atoms with E-state index in [1.807, 2.05) is 43.7 Å². The molecular formula is C22H23N5O5. The number of benzene rings is 1. The van der Waals surface area contributed by atoms with Gasteiger partial charge in [-0.15, -0.1) is 0 Å². The third-order valence-corrected chi connectivity index (χ3v) is 6.23. The summed E-state index contributed by atoms with van der Waals surface area (Å²) in [5.41, 5.74) is 1.41. The Labute approximate surface area is 183 Å². The van der Waals surface area contributed by atoms with E-state index in [-0.39, 0.29) is 30.4 Å². The zero-order valence-corrected chi connectivity index (χ0v) is 18.0. The third-order valence-electron chi connectivity index (χ3n) is 6.23. The predicted molar refractivity (Wildman–Crippen MR) is 114 cm³/mol. The molecule has 2 aliphatic heterocycles. The first-order valence-corrected chi connectivity index (χ1v) is 10.4. The van der Waals surface area contributed by atoms with Crippen LogP contribution < -0.4 is 10.7 Å². The molecule has 0 saturated carbocycles. The van der Waals surface area contributed by atoms with E-state index in [1.165, 1.54) is 15.7 Å². The van der Waals surface area contributed by atoms with Crippen LogP contribution in [0.3, 0.4) is 0 Å². The summed E-state index contributed by atoms with van der Waals surface area (Å²) in [5, 5.41) is 13.2. The van der Waals surface area contributed by atoms with Crippen LogP contribution in [0.2, 0.25) is 0 Å². The maximum atomic E-state index is 12.8. The number of hydrogen-bond donors (Lipinski definition) is 2. The van der Waals surface area contributed by atoms with Gasteiger partial charge in [0, 0.05) is 19.8 Å². The fraction of sp³-hybridized carbons (Fsp3) is 0.364. The van der Waals surface area contributed by atoms with Crippen molar-refractivity contribution in [2.24, 2.45) is 7.05 Å². The average Bonchev–Trinajstić information content (AvgIpc) is 3.27. The van der Waals surface area contributed by atoms with E-state index in [4.69, 9.17) is 4.74 Å². The van der Waals surface area contributed by atoms with Gasteiger partial charge < -0.3 is 29.2 Å². The smallest absolute Gasteiger partial charge is 0.276 e. The van der Waals surface area contributed by atoms with Crippen molar-refractivity contribution in [1.82, 2.24) is 24.3 Å². The second kappa shape index (κ2) is 7.20. The van der Waals surface area contributed by atoms with Gasteiger partial charge in [-0.3, -0.25) is 14.4 Å². The lowest BCUT2D eigenvalue weighted by atomic mass is 10.1. The highest BCUT2D eigenvalue weighted by atomic mass is 16.5. The maximum absolute atomic E-state index is 12.8. The number of rotatable bonds is 3. The van der Waals surface area contributed by atoms with Crippen LogP contribution in [-0.2, 0) is 24.9 Å². The summed E-state index contributed by atoms with van der Waals surface area (Å²) in [6.45, 7) is 4.55. The molecule has 10 nitrogen and oxygen atoms in total. The number of aryl methyl sites for hydroxylation is 2. The van der Waals surface area contributed by atoms with Crippen LogP contribution >= 0.6 is 0 Å². The summed E-state index contributed by atoms with van der Waals surface area (Å²) in [6, 6.07) is 5.54. The van der Waals surface area contributed by atoms with Gasteiger partial charge in [0.05, 0.1) is 30.2 Å². The number of carbonyl (C=O) groups is 2. The number of fused-ring (bicyclic) bond motifs is 3. The highest BCUT2D eigenvalue weighted by Crippen LogP contribution is 2.29. The van der Waals surface area contributed by atoms with Crippen molar-refractivity contribution >= 4 is 22.8 Å². The summed E-state index contributed by atoms with van der Waals surface area (Å²) in [5.74, 6) is -0.946. The Morgan fingerprint density at radius 1 is 1.34 bits per heavy atom. The Kier molecular flexibility index (Phi) is 4.55. The summed E-state index contributed by atoms with van der Waals surface area (Å²) in [7, 11) is 1.93. The van der Waals surface area contributed by atoms with E-state index in [1.54, 1.807) is 0 Å². The van der Waals surface area contributed by atoms with Gasteiger partial charge in [0.25, 0.3) is 11.8 Å². The standard InChI is InChI=1S/C22H23N5O5/c1-11-10-32-17-9-26-8-14(19(28)20(29)18(26)22(31)27(11)17)21(30)23-7-13-4-5-16-15(6-13)24-12(2)25(16)3/h4-6,8,11,17,29H,7,9-10H2,1-3H3,(H,23,30)/t11-,17+/m0/s1. The zero-order valence-electron chi connectivity index (χ0n) is 18.0. The molecule has 2 aliphatic rings.